The van der Waals surface area contributed by atoms with Crippen molar-refractivity contribution in [2.24, 2.45) is 0 Å². The number of nitrogens with one attached hydrogen (secondary N) is 1. The van der Waals surface area contributed by atoms with E-state index in [9.17, 15) is 14.5 Å². The van der Waals surface area contributed by atoms with Crippen molar-refractivity contribution in [2.75, 3.05) is 25.6 Å². The molecule has 0 bridgehead atoms. The summed E-state index contributed by atoms with van der Waals surface area (Å²) in [5.41, 5.74) is 6.54. The van der Waals surface area contributed by atoms with Gasteiger partial charge in [0.15, 0.2) is 17.4 Å². The molecule has 3 heterocycles. The second kappa shape index (κ2) is 11.6. The first-order valence-electron chi connectivity index (χ1n) is 12.8. The minimum atomic E-state index is -3.47. The second-order valence-corrected chi connectivity index (χ2v) is 13.0. The Hall–Kier alpha value is -2.02. The van der Waals surface area contributed by atoms with Crippen LogP contribution in [0.25, 0.3) is 11.2 Å². The fourth-order valence-electron chi connectivity index (χ4n) is 4.77. The van der Waals surface area contributed by atoms with Gasteiger partial charge >= 0.3 is 5.97 Å². The quantitative estimate of drug-likeness (QED) is 0.215. The van der Waals surface area contributed by atoms with Gasteiger partial charge in [-0.15, -0.1) is 11.6 Å². The van der Waals surface area contributed by atoms with Gasteiger partial charge in [-0.2, -0.15) is 9.97 Å². The molecule has 1 aliphatic heterocycles. The average Bonchev–Trinajstić information content (AvgIpc) is 3.36. The maximum atomic E-state index is 13.1. The predicted octanol–water partition coefficient (Wildman–Crippen LogP) is 2.76. The standard InChI is InChI=1S/C23H36ClN6O7P/c1-5-34-19-16-18(27-22(25)28-19)30(12-26-16)21-23(3,24)17(31)15(37-21)11-35-38(4,33)29-13(2)20(32)36-14-9-7-6-8-10-14/h12-15,17,21,31H,5-11H2,1-4H3,(H,29,33)(H2,25,27,28)/t13-,15+,17+,21+,23+,38?/m0/s1. The largest absolute Gasteiger partial charge is 0.476 e. The molecular weight excluding hydrogens is 539 g/mol. The van der Waals surface area contributed by atoms with E-state index in [1.54, 1.807) is 25.3 Å². The van der Waals surface area contributed by atoms with E-state index in [0.717, 1.165) is 32.1 Å². The fraction of sp³-hybridized carbons (Fsp3) is 0.739. The third-order valence-electron chi connectivity index (χ3n) is 6.76. The van der Waals surface area contributed by atoms with Gasteiger partial charge in [0.1, 0.15) is 29.2 Å². The van der Waals surface area contributed by atoms with Gasteiger partial charge < -0.3 is 29.6 Å². The van der Waals surface area contributed by atoms with Crippen molar-refractivity contribution in [3.8, 4) is 5.88 Å². The Morgan fingerprint density at radius 3 is 2.79 bits per heavy atom. The first-order valence-corrected chi connectivity index (χ1v) is 15.2. The molecule has 0 amide bonds. The van der Waals surface area contributed by atoms with Crippen molar-refractivity contribution in [2.45, 2.75) is 88.3 Å². The van der Waals surface area contributed by atoms with Crippen LogP contribution in [0.4, 0.5) is 5.95 Å². The number of aromatic nitrogens is 4. The number of anilines is 1. The van der Waals surface area contributed by atoms with Crippen molar-refractivity contribution in [1.82, 2.24) is 24.6 Å². The number of carbonyl (C=O) groups is 1. The molecule has 38 heavy (non-hydrogen) atoms. The molecule has 1 unspecified atom stereocenters. The highest BCUT2D eigenvalue weighted by atomic mass is 35.5. The van der Waals surface area contributed by atoms with Crippen molar-refractivity contribution < 1.29 is 33.2 Å². The van der Waals surface area contributed by atoms with E-state index < -0.39 is 42.8 Å². The van der Waals surface area contributed by atoms with Crippen LogP contribution in [0.3, 0.4) is 0 Å². The van der Waals surface area contributed by atoms with Gasteiger partial charge in [0.05, 0.1) is 19.5 Å². The fourth-order valence-corrected chi connectivity index (χ4v) is 6.38. The lowest BCUT2D eigenvalue weighted by Crippen LogP contribution is -2.40. The van der Waals surface area contributed by atoms with Crippen LogP contribution in [0, 0.1) is 0 Å². The maximum absolute atomic E-state index is 13.1. The van der Waals surface area contributed by atoms with Gasteiger partial charge in [-0.25, -0.2) is 10.1 Å². The van der Waals surface area contributed by atoms with Gasteiger partial charge in [-0.3, -0.25) is 13.9 Å². The number of imidazole rings is 1. The van der Waals surface area contributed by atoms with E-state index in [4.69, 9.17) is 36.1 Å². The summed E-state index contributed by atoms with van der Waals surface area (Å²) < 4.78 is 37.4. The summed E-state index contributed by atoms with van der Waals surface area (Å²) >= 11 is 6.75. The number of fused-ring (bicyclic) bond motifs is 1. The number of esters is 1. The number of hydrogen-bond acceptors (Lipinski definition) is 11. The first-order chi connectivity index (χ1) is 17.9. The van der Waals surface area contributed by atoms with Crippen LogP contribution in [-0.4, -0.2) is 79.7 Å². The Morgan fingerprint density at radius 1 is 1.39 bits per heavy atom. The molecule has 0 aromatic carbocycles. The molecule has 4 rings (SSSR count). The molecule has 13 nitrogen and oxygen atoms in total. The van der Waals surface area contributed by atoms with Crippen LogP contribution in [0.15, 0.2) is 6.33 Å². The molecule has 2 aromatic heterocycles. The monoisotopic (exact) mass is 574 g/mol. The Balaban J connectivity index is 1.41. The van der Waals surface area contributed by atoms with Crippen LogP contribution < -0.4 is 15.6 Å². The highest BCUT2D eigenvalue weighted by Gasteiger charge is 2.54. The molecule has 1 aliphatic carbocycles. The highest BCUT2D eigenvalue weighted by Crippen LogP contribution is 2.46. The van der Waals surface area contributed by atoms with E-state index in [1.165, 1.54) is 13.0 Å². The minimum absolute atomic E-state index is 0.0217. The number of nitrogens with zero attached hydrogens (tertiary/aromatic N) is 4. The highest BCUT2D eigenvalue weighted by molar-refractivity contribution is 7.56. The molecule has 15 heteroatoms. The van der Waals surface area contributed by atoms with Gasteiger partial charge in [0.2, 0.25) is 11.8 Å². The zero-order chi connectivity index (χ0) is 27.7. The lowest BCUT2D eigenvalue weighted by atomic mass is 9.98. The summed E-state index contributed by atoms with van der Waals surface area (Å²) in [6.45, 7) is 6.45. The topological polar surface area (TPSA) is 173 Å². The third kappa shape index (κ3) is 6.24. The number of aliphatic hydroxyl groups excluding tert-OH is 1. The SMILES string of the molecule is CCOc1nc(N)nc2c1ncn2[C@@H]1O[C@H](COP(C)(=O)N[C@@H](C)C(=O)OC2CCCCC2)[C@@H](O)[C@@]1(C)Cl. The number of halogens is 1. The maximum Gasteiger partial charge on any atom is 0.323 e. The number of rotatable bonds is 10. The molecule has 2 fully saturated rings. The molecule has 0 radical (unpaired) electrons. The lowest BCUT2D eigenvalue weighted by Gasteiger charge is -2.26. The number of ether oxygens (including phenoxy) is 3. The van der Waals surface area contributed by atoms with Crippen molar-refractivity contribution in [3.63, 3.8) is 0 Å². The molecule has 0 spiro atoms. The van der Waals surface area contributed by atoms with Crippen LogP contribution >= 0.6 is 19.1 Å². The first kappa shape index (κ1) is 29.0. The van der Waals surface area contributed by atoms with Crippen LogP contribution in [0.5, 0.6) is 5.88 Å². The van der Waals surface area contributed by atoms with Crippen molar-refractivity contribution >= 4 is 42.2 Å². The van der Waals surface area contributed by atoms with Crippen LogP contribution in [-0.2, 0) is 23.4 Å². The summed E-state index contributed by atoms with van der Waals surface area (Å²) in [5.74, 6) is -0.281. The summed E-state index contributed by atoms with van der Waals surface area (Å²) in [6.07, 6.45) is 3.16. The molecule has 2 aromatic rings. The zero-order valence-electron chi connectivity index (χ0n) is 22.0. The number of alkyl halides is 1. The Morgan fingerprint density at radius 2 is 2.11 bits per heavy atom. The normalized spacial score (nSPS) is 28.7. The second-order valence-electron chi connectivity index (χ2n) is 9.96. The Bertz CT molecular complexity index is 1190. The molecule has 4 N–H and O–H groups in total. The van der Waals surface area contributed by atoms with Gasteiger partial charge in [-0.1, -0.05) is 6.42 Å². The smallest absolute Gasteiger partial charge is 0.323 e. The Labute approximate surface area is 226 Å². The van der Waals surface area contributed by atoms with Gasteiger partial charge in [-0.05, 0) is 46.5 Å². The lowest BCUT2D eigenvalue weighted by molar-refractivity contribution is -0.152. The number of aliphatic hydroxyl groups is 1. The van der Waals surface area contributed by atoms with E-state index in [-0.39, 0.29) is 24.5 Å². The molecule has 1 saturated heterocycles. The van der Waals surface area contributed by atoms with E-state index in [1.807, 2.05) is 0 Å². The molecule has 1 saturated carbocycles. The molecule has 212 valence electrons. The van der Waals surface area contributed by atoms with Crippen LogP contribution in [0.2, 0.25) is 0 Å². The molecular formula is C23H36ClN6O7P. The number of carbonyl (C=O) groups excluding carboxylic acids is 1. The number of nitrogen functional groups attached to an aromatic ring is 1. The average molecular weight is 575 g/mol. The van der Waals surface area contributed by atoms with E-state index in [0.29, 0.717) is 17.8 Å². The zero-order valence-corrected chi connectivity index (χ0v) is 23.7. The van der Waals surface area contributed by atoms with E-state index >= 15 is 0 Å². The van der Waals surface area contributed by atoms with Crippen molar-refractivity contribution in [3.05, 3.63) is 6.33 Å². The number of hydrogen-bond donors (Lipinski definition) is 3. The molecule has 2 aliphatic rings. The van der Waals surface area contributed by atoms with Crippen molar-refractivity contribution in [1.29, 1.82) is 0 Å². The molecule has 6 atom stereocenters. The minimum Gasteiger partial charge on any atom is -0.476 e. The van der Waals surface area contributed by atoms with Crippen LogP contribution in [0.1, 0.15) is 59.1 Å². The van der Waals surface area contributed by atoms with E-state index in [2.05, 4.69) is 20.0 Å². The summed E-state index contributed by atoms with van der Waals surface area (Å²) in [5, 5.41) is 13.7. The predicted molar refractivity (Wildman–Crippen MR) is 140 cm³/mol. The third-order valence-corrected chi connectivity index (χ3v) is 8.67. The van der Waals surface area contributed by atoms with Gasteiger partial charge in [0.25, 0.3) is 7.52 Å². The number of nitrogens with two attached hydrogens (primary N) is 1. The van der Waals surface area contributed by atoms with Gasteiger partial charge in [0, 0.05) is 6.66 Å². The summed E-state index contributed by atoms with van der Waals surface area (Å²) in [6, 6.07) is -0.838. The summed E-state index contributed by atoms with van der Waals surface area (Å²) in [4.78, 5) is 23.8. The summed E-state index contributed by atoms with van der Waals surface area (Å²) in [7, 11) is -3.47. The Kier molecular flexibility index (Phi) is 8.85.